The predicted octanol–water partition coefficient (Wildman–Crippen LogP) is 2.79. The summed E-state index contributed by atoms with van der Waals surface area (Å²) in [6.07, 6.45) is 4.26. The van der Waals surface area contributed by atoms with Crippen LogP contribution in [0.2, 0.25) is 5.02 Å². The summed E-state index contributed by atoms with van der Waals surface area (Å²) in [5.74, 6) is -0.664. The Labute approximate surface area is 158 Å². The first kappa shape index (κ1) is 18.6. The molecular weight excluding hydrogens is 382 g/mol. The van der Waals surface area contributed by atoms with Crippen molar-refractivity contribution in [3.8, 4) is 5.88 Å². The van der Waals surface area contributed by atoms with Gasteiger partial charge in [0.1, 0.15) is 16.0 Å². The third kappa shape index (κ3) is 4.48. The van der Waals surface area contributed by atoms with Crippen LogP contribution in [0, 0.1) is 0 Å². The number of thiazole rings is 1. The van der Waals surface area contributed by atoms with Gasteiger partial charge in [-0.15, -0.1) is 0 Å². The summed E-state index contributed by atoms with van der Waals surface area (Å²) in [4.78, 5) is 32.1. The molecule has 1 saturated heterocycles. The fourth-order valence-corrected chi connectivity index (χ4v) is 3.22. The molecule has 1 aliphatic rings. The Balaban J connectivity index is 1.65. The highest BCUT2D eigenvalue weighted by Crippen LogP contribution is 2.26. The number of rotatable bonds is 5. The molecule has 1 aliphatic heterocycles. The summed E-state index contributed by atoms with van der Waals surface area (Å²) in [5.41, 5.74) is 0.254. The molecule has 0 atom stereocenters. The minimum absolute atomic E-state index is 0.000452. The summed E-state index contributed by atoms with van der Waals surface area (Å²) in [6, 6.07) is 1.48. The summed E-state index contributed by atoms with van der Waals surface area (Å²) < 4.78 is 15.6. The SMILES string of the molecule is COC(=O)c1cnc(NC(=O)c2cnc(OC3CCOCC3)c(Cl)c2)s1. The van der Waals surface area contributed by atoms with E-state index in [0.29, 0.717) is 18.1 Å². The van der Waals surface area contributed by atoms with Crippen LogP contribution in [-0.2, 0) is 9.47 Å². The quantitative estimate of drug-likeness (QED) is 0.774. The summed E-state index contributed by atoms with van der Waals surface area (Å²) in [6.45, 7) is 1.29. The van der Waals surface area contributed by atoms with Crippen LogP contribution in [-0.4, -0.2) is 48.3 Å². The number of carbonyl (C=O) groups is 2. The number of anilines is 1. The number of nitrogens with one attached hydrogen (secondary N) is 1. The smallest absolute Gasteiger partial charge is 0.349 e. The van der Waals surface area contributed by atoms with Gasteiger partial charge in [-0.05, 0) is 6.07 Å². The Hall–Kier alpha value is -2.23. The second-order valence-electron chi connectivity index (χ2n) is 5.42. The van der Waals surface area contributed by atoms with E-state index in [1.54, 1.807) is 0 Å². The molecule has 1 amide bonds. The third-order valence-electron chi connectivity index (χ3n) is 3.63. The zero-order valence-electron chi connectivity index (χ0n) is 13.9. The molecule has 8 nitrogen and oxygen atoms in total. The van der Waals surface area contributed by atoms with Crippen LogP contribution in [0.15, 0.2) is 18.5 Å². The number of pyridine rings is 1. The topological polar surface area (TPSA) is 99.6 Å². The number of esters is 1. The van der Waals surface area contributed by atoms with Gasteiger partial charge >= 0.3 is 5.97 Å². The van der Waals surface area contributed by atoms with Gasteiger partial charge < -0.3 is 14.2 Å². The van der Waals surface area contributed by atoms with Crippen molar-refractivity contribution in [2.75, 3.05) is 25.6 Å². The van der Waals surface area contributed by atoms with Crippen LogP contribution in [0.4, 0.5) is 5.13 Å². The monoisotopic (exact) mass is 397 g/mol. The molecule has 3 heterocycles. The molecule has 0 bridgehead atoms. The van der Waals surface area contributed by atoms with Crippen molar-refractivity contribution < 1.29 is 23.8 Å². The molecular formula is C16H16ClN3O5S. The lowest BCUT2D eigenvalue weighted by Crippen LogP contribution is -2.26. The first-order valence-corrected chi connectivity index (χ1v) is 9.01. The van der Waals surface area contributed by atoms with E-state index in [1.165, 1.54) is 25.6 Å². The number of methoxy groups -OCH3 is 1. The van der Waals surface area contributed by atoms with E-state index in [-0.39, 0.29) is 27.7 Å². The molecule has 1 fully saturated rings. The molecule has 3 rings (SSSR count). The molecule has 0 unspecified atom stereocenters. The van der Waals surface area contributed by atoms with E-state index in [9.17, 15) is 9.59 Å². The second-order valence-corrected chi connectivity index (χ2v) is 6.85. The molecule has 138 valence electrons. The zero-order valence-corrected chi connectivity index (χ0v) is 15.4. The lowest BCUT2D eigenvalue weighted by atomic mass is 10.1. The van der Waals surface area contributed by atoms with Crippen molar-refractivity contribution >= 4 is 39.9 Å². The van der Waals surface area contributed by atoms with Gasteiger partial charge in [0.2, 0.25) is 5.88 Å². The number of carbonyl (C=O) groups excluding carboxylic acids is 2. The maximum Gasteiger partial charge on any atom is 0.349 e. The van der Waals surface area contributed by atoms with Crippen LogP contribution in [0.1, 0.15) is 32.9 Å². The third-order valence-corrected chi connectivity index (χ3v) is 4.79. The first-order chi connectivity index (χ1) is 12.6. The maximum absolute atomic E-state index is 12.3. The van der Waals surface area contributed by atoms with Crippen molar-refractivity contribution in [3.63, 3.8) is 0 Å². The van der Waals surface area contributed by atoms with Gasteiger partial charge in [-0.1, -0.05) is 22.9 Å². The molecule has 0 saturated carbocycles. The van der Waals surface area contributed by atoms with Crippen LogP contribution in [0.3, 0.4) is 0 Å². The fraction of sp³-hybridized carbons (Fsp3) is 0.375. The van der Waals surface area contributed by atoms with Crippen LogP contribution >= 0.6 is 22.9 Å². The second kappa shape index (κ2) is 8.43. The largest absolute Gasteiger partial charge is 0.473 e. The van der Waals surface area contributed by atoms with Gasteiger partial charge in [-0.2, -0.15) is 0 Å². The van der Waals surface area contributed by atoms with Crippen LogP contribution < -0.4 is 10.1 Å². The minimum Gasteiger partial charge on any atom is -0.473 e. The Kier molecular flexibility index (Phi) is 6.02. The van der Waals surface area contributed by atoms with Gasteiger partial charge in [0.05, 0.1) is 32.1 Å². The molecule has 0 aromatic carbocycles. The molecule has 1 N–H and O–H groups in total. The van der Waals surface area contributed by atoms with Crippen molar-refractivity contribution in [1.29, 1.82) is 0 Å². The van der Waals surface area contributed by atoms with Gasteiger partial charge in [0, 0.05) is 19.0 Å². The summed E-state index contributed by atoms with van der Waals surface area (Å²) in [7, 11) is 1.28. The van der Waals surface area contributed by atoms with Gasteiger partial charge in [-0.3, -0.25) is 10.1 Å². The highest BCUT2D eigenvalue weighted by Gasteiger charge is 2.19. The van der Waals surface area contributed by atoms with Gasteiger partial charge in [-0.25, -0.2) is 14.8 Å². The van der Waals surface area contributed by atoms with E-state index in [0.717, 1.165) is 24.2 Å². The molecule has 2 aromatic heterocycles. The predicted molar refractivity (Wildman–Crippen MR) is 95.1 cm³/mol. The number of hydrogen-bond donors (Lipinski definition) is 1. The fourth-order valence-electron chi connectivity index (χ4n) is 2.28. The molecule has 10 heteroatoms. The standard InChI is InChI=1S/C16H16ClN3O5S/c1-23-15(22)12-8-19-16(26-12)20-13(21)9-6-11(17)14(18-7-9)25-10-2-4-24-5-3-10/h6-8,10H,2-5H2,1H3,(H,19,20,21). The van der Waals surface area contributed by atoms with E-state index in [1.807, 2.05) is 0 Å². The number of amides is 1. The Bertz CT molecular complexity index is 807. The minimum atomic E-state index is -0.512. The van der Waals surface area contributed by atoms with Gasteiger partial charge in [0.15, 0.2) is 5.13 Å². The van der Waals surface area contributed by atoms with E-state index < -0.39 is 11.9 Å². The number of aromatic nitrogens is 2. The maximum atomic E-state index is 12.3. The lowest BCUT2D eigenvalue weighted by Gasteiger charge is -2.23. The van der Waals surface area contributed by atoms with E-state index in [2.05, 4.69) is 20.0 Å². The molecule has 0 spiro atoms. The van der Waals surface area contributed by atoms with Crippen molar-refractivity contribution in [2.24, 2.45) is 0 Å². The Morgan fingerprint density at radius 2 is 2.08 bits per heavy atom. The van der Waals surface area contributed by atoms with Crippen molar-refractivity contribution in [3.05, 3.63) is 33.9 Å². The van der Waals surface area contributed by atoms with Crippen molar-refractivity contribution in [2.45, 2.75) is 18.9 Å². The Morgan fingerprint density at radius 3 is 2.77 bits per heavy atom. The molecule has 0 aliphatic carbocycles. The van der Waals surface area contributed by atoms with E-state index in [4.69, 9.17) is 21.1 Å². The average Bonchev–Trinajstić information content (AvgIpc) is 3.12. The van der Waals surface area contributed by atoms with Gasteiger partial charge in [0.25, 0.3) is 5.91 Å². The first-order valence-electron chi connectivity index (χ1n) is 7.82. The molecule has 0 radical (unpaired) electrons. The summed E-state index contributed by atoms with van der Waals surface area (Å²) >= 11 is 7.20. The van der Waals surface area contributed by atoms with Crippen LogP contribution in [0.25, 0.3) is 0 Å². The Morgan fingerprint density at radius 1 is 1.31 bits per heavy atom. The molecule has 26 heavy (non-hydrogen) atoms. The number of ether oxygens (including phenoxy) is 3. The lowest BCUT2D eigenvalue weighted by molar-refractivity contribution is 0.0238. The molecule has 2 aromatic rings. The highest BCUT2D eigenvalue weighted by molar-refractivity contribution is 7.17. The highest BCUT2D eigenvalue weighted by atomic mass is 35.5. The number of nitrogens with zero attached hydrogens (tertiary/aromatic N) is 2. The summed E-state index contributed by atoms with van der Waals surface area (Å²) in [5, 5.41) is 3.11. The van der Waals surface area contributed by atoms with E-state index >= 15 is 0 Å². The van der Waals surface area contributed by atoms with Crippen LogP contribution in [0.5, 0.6) is 5.88 Å². The normalized spacial score (nSPS) is 14.7. The number of halogens is 1. The van der Waals surface area contributed by atoms with Crippen molar-refractivity contribution in [1.82, 2.24) is 9.97 Å². The number of hydrogen-bond acceptors (Lipinski definition) is 8. The average molecular weight is 398 g/mol. The zero-order chi connectivity index (χ0) is 18.5.